The molecule has 0 saturated carbocycles. The molecule has 1 aromatic carbocycles. The van der Waals surface area contributed by atoms with E-state index in [2.05, 4.69) is 4.98 Å². The lowest BCUT2D eigenvalue weighted by atomic mass is 10.2. The van der Waals surface area contributed by atoms with Gasteiger partial charge in [0.1, 0.15) is 0 Å². The number of ether oxygens (including phenoxy) is 3. The summed E-state index contributed by atoms with van der Waals surface area (Å²) in [5, 5.41) is 2.09. The Morgan fingerprint density at radius 2 is 2.24 bits per heavy atom. The summed E-state index contributed by atoms with van der Waals surface area (Å²) in [6.07, 6.45) is 0. The van der Waals surface area contributed by atoms with Crippen LogP contribution in [0.15, 0.2) is 23.6 Å². The van der Waals surface area contributed by atoms with Gasteiger partial charge in [0, 0.05) is 5.38 Å². The Morgan fingerprint density at radius 3 is 3.10 bits per heavy atom. The Kier molecular flexibility index (Phi) is 4.00. The van der Waals surface area contributed by atoms with Gasteiger partial charge in [0.25, 0.3) is 5.91 Å². The van der Waals surface area contributed by atoms with Crippen LogP contribution >= 0.6 is 11.3 Å². The number of nitrogens with zero attached hydrogens (tertiary/aromatic N) is 1. The Bertz CT molecular complexity index is 659. The van der Waals surface area contributed by atoms with Crippen molar-refractivity contribution in [3.8, 4) is 11.5 Å². The van der Waals surface area contributed by atoms with Crippen molar-refractivity contribution >= 4 is 17.2 Å². The van der Waals surface area contributed by atoms with E-state index in [-0.39, 0.29) is 6.79 Å². The highest BCUT2D eigenvalue weighted by atomic mass is 32.1. The molecule has 21 heavy (non-hydrogen) atoms. The number of hydrogen-bond donors (Lipinski definition) is 2. The van der Waals surface area contributed by atoms with Crippen LogP contribution in [0.25, 0.3) is 0 Å². The van der Waals surface area contributed by atoms with Gasteiger partial charge in [0.2, 0.25) is 6.79 Å². The number of benzene rings is 1. The fourth-order valence-electron chi connectivity index (χ4n) is 1.84. The van der Waals surface area contributed by atoms with Crippen molar-refractivity contribution in [1.29, 1.82) is 0 Å². The first-order chi connectivity index (χ1) is 10.3. The number of thiazole rings is 1. The van der Waals surface area contributed by atoms with Crippen molar-refractivity contribution in [3.63, 3.8) is 0 Å². The smallest absolute Gasteiger partial charge is 0.294 e. The molecule has 110 valence electrons. The van der Waals surface area contributed by atoms with Gasteiger partial charge in [0.15, 0.2) is 16.5 Å². The van der Waals surface area contributed by atoms with Crippen LogP contribution in [0.2, 0.25) is 0 Å². The number of aromatic nitrogens is 1. The number of nitrogen functional groups attached to an aromatic ring is 1. The molecule has 7 nitrogen and oxygen atoms in total. The minimum absolute atomic E-state index is 0.254. The molecule has 1 aromatic heterocycles. The molecule has 0 fully saturated rings. The molecule has 8 heteroatoms. The van der Waals surface area contributed by atoms with Gasteiger partial charge in [-0.25, -0.2) is 10.8 Å². The average molecular weight is 307 g/mol. The van der Waals surface area contributed by atoms with E-state index >= 15 is 0 Å². The van der Waals surface area contributed by atoms with Gasteiger partial charge in [-0.2, -0.15) is 0 Å². The summed E-state index contributed by atoms with van der Waals surface area (Å²) in [6, 6.07) is 5.66. The van der Waals surface area contributed by atoms with Gasteiger partial charge in [-0.05, 0) is 17.7 Å². The molecule has 1 aliphatic rings. The lowest BCUT2D eigenvalue weighted by Crippen LogP contribution is -2.29. The maximum Gasteiger partial charge on any atom is 0.294 e. The van der Waals surface area contributed by atoms with E-state index in [4.69, 9.17) is 20.1 Å². The molecule has 0 aliphatic carbocycles. The second-order valence-corrected chi connectivity index (χ2v) is 5.16. The number of carbonyl (C=O) groups is 1. The molecule has 1 aliphatic heterocycles. The minimum Gasteiger partial charge on any atom is -0.454 e. The Labute approximate surface area is 124 Å². The predicted molar refractivity (Wildman–Crippen MR) is 74.8 cm³/mol. The van der Waals surface area contributed by atoms with E-state index < -0.39 is 5.91 Å². The summed E-state index contributed by atoms with van der Waals surface area (Å²) in [5.41, 5.74) is 3.72. The molecule has 3 rings (SSSR count). The molecule has 3 N–H and O–H groups in total. The third-order valence-corrected chi connectivity index (χ3v) is 3.72. The van der Waals surface area contributed by atoms with Gasteiger partial charge >= 0.3 is 0 Å². The summed E-state index contributed by atoms with van der Waals surface area (Å²) < 4.78 is 16.1. The van der Waals surface area contributed by atoms with Crippen LogP contribution in [0, 0.1) is 0 Å². The van der Waals surface area contributed by atoms with Crippen molar-refractivity contribution in [2.45, 2.75) is 13.2 Å². The molecule has 2 aromatic rings. The van der Waals surface area contributed by atoms with E-state index in [9.17, 15) is 4.79 Å². The minimum atomic E-state index is -0.401. The summed E-state index contributed by atoms with van der Waals surface area (Å²) in [7, 11) is 0. The average Bonchev–Trinajstić information content (AvgIpc) is 3.14. The molecule has 0 unspecified atom stereocenters. The van der Waals surface area contributed by atoms with Gasteiger partial charge in [-0.1, -0.05) is 6.07 Å². The fraction of sp³-hybridized carbons (Fsp3) is 0.231. The highest BCUT2D eigenvalue weighted by Gasteiger charge is 2.13. The van der Waals surface area contributed by atoms with E-state index in [1.165, 1.54) is 11.3 Å². The maximum atomic E-state index is 11.3. The summed E-state index contributed by atoms with van der Waals surface area (Å²) in [4.78, 5) is 15.4. The normalized spacial score (nSPS) is 12.4. The molecular formula is C13H13N3O4S. The van der Waals surface area contributed by atoms with Gasteiger partial charge < -0.3 is 14.2 Å². The Balaban J connectivity index is 1.54. The quantitative estimate of drug-likeness (QED) is 0.489. The highest BCUT2D eigenvalue weighted by Crippen LogP contribution is 2.32. The molecule has 2 heterocycles. The van der Waals surface area contributed by atoms with Gasteiger partial charge in [-0.15, -0.1) is 11.3 Å². The van der Waals surface area contributed by atoms with Crippen LogP contribution in [-0.2, 0) is 18.0 Å². The molecule has 0 atom stereocenters. The van der Waals surface area contributed by atoms with E-state index in [0.29, 0.717) is 23.9 Å². The first kappa shape index (κ1) is 13.8. The number of fused-ring (bicyclic) bond motifs is 1. The van der Waals surface area contributed by atoms with Crippen molar-refractivity contribution < 1.29 is 19.0 Å². The Hall–Kier alpha value is -2.16. The van der Waals surface area contributed by atoms with Crippen LogP contribution < -0.4 is 20.7 Å². The third kappa shape index (κ3) is 3.13. The number of hydrazine groups is 1. The maximum absolute atomic E-state index is 11.3. The predicted octanol–water partition coefficient (Wildman–Crippen LogP) is 1.19. The topological polar surface area (TPSA) is 95.7 Å². The zero-order valence-corrected chi connectivity index (χ0v) is 11.8. The van der Waals surface area contributed by atoms with Crippen molar-refractivity contribution in [2.75, 3.05) is 6.79 Å². The zero-order chi connectivity index (χ0) is 14.7. The van der Waals surface area contributed by atoms with Crippen molar-refractivity contribution in [2.24, 2.45) is 5.84 Å². The molecule has 0 bridgehead atoms. The van der Waals surface area contributed by atoms with Crippen LogP contribution in [0.4, 0.5) is 0 Å². The van der Waals surface area contributed by atoms with Gasteiger partial charge in [0.05, 0.1) is 18.9 Å². The summed E-state index contributed by atoms with van der Waals surface area (Å²) in [6.45, 7) is 1.000. The van der Waals surface area contributed by atoms with Crippen LogP contribution in [-0.4, -0.2) is 17.7 Å². The van der Waals surface area contributed by atoms with E-state index in [1.807, 2.05) is 23.6 Å². The fourth-order valence-corrected chi connectivity index (χ4v) is 2.55. The van der Waals surface area contributed by atoms with E-state index in [1.54, 1.807) is 5.38 Å². The molecule has 0 spiro atoms. The summed E-state index contributed by atoms with van der Waals surface area (Å²) >= 11 is 1.23. The number of hydrogen-bond acceptors (Lipinski definition) is 7. The first-order valence-corrected chi connectivity index (χ1v) is 7.06. The second-order valence-electron chi connectivity index (χ2n) is 4.30. The van der Waals surface area contributed by atoms with Crippen molar-refractivity contribution in [3.05, 3.63) is 39.8 Å². The Morgan fingerprint density at radius 1 is 1.38 bits per heavy atom. The van der Waals surface area contributed by atoms with E-state index in [0.717, 1.165) is 17.1 Å². The zero-order valence-electron chi connectivity index (χ0n) is 11.0. The second kappa shape index (κ2) is 6.08. The lowest BCUT2D eigenvalue weighted by molar-refractivity contribution is 0.0948. The number of nitrogens with one attached hydrogen (secondary N) is 1. The van der Waals surface area contributed by atoms with Crippen LogP contribution in [0.1, 0.15) is 21.1 Å². The van der Waals surface area contributed by atoms with Crippen LogP contribution in [0.5, 0.6) is 11.5 Å². The number of carbonyl (C=O) groups excluding carboxylic acids is 1. The first-order valence-electron chi connectivity index (χ1n) is 6.18. The number of nitrogens with two attached hydrogens (primary N) is 1. The monoisotopic (exact) mass is 307 g/mol. The molecular weight excluding hydrogens is 294 g/mol. The van der Waals surface area contributed by atoms with Crippen LogP contribution in [0.3, 0.4) is 0 Å². The van der Waals surface area contributed by atoms with Gasteiger partial charge in [-0.3, -0.25) is 10.2 Å². The standard InChI is InChI=1S/C13H13N3O4S/c14-16-12(17)13-15-9(6-21-13)5-18-4-8-1-2-10-11(3-8)20-7-19-10/h1-3,6H,4-5,7,14H2,(H,16,17). The SMILES string of the molecule is NNC(=O)c1nc(COCc2ccc3c(c2)OCO3)cs1. The largest absolute Gasteiger partial charge is 0.454 e. The molecule has 0 saturated heterocycles. The molecule has 1 amide bonds. The number of rotatable bonds is 5. The van der Waals surface area contributed by atoms with Crippen molar-refractivity contribution in [1.82, 2.24) is 10.4 Å². The summed E-state index contributed by atoms with van der Waals surface area (Å²) in [5.74, 6) is 6.12. The molecule has 0 radical (unpaired) electrons. The highest BCUT2D eigenvalue weighted by molar-refractivity contribution is 7.11. The number of amides is 1. The third-order valence-electron chi connectivity index (χ3n) is 2.83. The lowest BCUT2D eigenvalue weighted by Gasteiger charge is -2.04.